The van der Waals surface area contributed by atoms with E-state index in [1.807, 2.05) is 69.6 Å². The maximum absolute atomic E-state index is 12.5. The summed E-state index contributed by atoms with van der Waals surface area (Å²) in [6.45, 7) is 3.86. The van der Waals surface area contributed by atoms with E-state index >= 15 is 0 Å². The first-order valence-corrected chi connectivity index (χ1v) is 7.76. The summed E-state index contributed by atoms with van der Waals surface area (Å²) in [5.74, 6) is 1.66. The molecule has 0 saturated heterocycles. The van der Waals surface area contributed by atoms with E-state index in [-0.39, 0.29) is 5.91 Å². The van der Waals surface area contributed by atoms with Crippen molar-refractivity contribution in [2.75, 3.05) is 27.2 Å². The van der Waals surface area contributed by atoms with Crippen molar-refractivity contribution in [3.63, 3.8) is 0 Å². The highest BCUT2D eigenvalue weighted by molar-refractivity contribution is 5.91. The van der Waals surface area contributed by atoms with Gasteiger partial charge in [-0.05, 0) is 44.8 Å². The van der Waals surface area contributed by atoms with E-state index in [4.69, 9.17) is 4.42 Å². The molecule has 0 aliphatic rings. The SMILES string of the molecule is Cc1ccc(CN(CCN(C)C)C(=O)C=Cc2ccccc2)o1. The average molecular weight is 312 g/mol. The van der Waals surface area contributed by atoms with Crippen molar-refractivity contribution in [2.45, 2.75) is 13.5 Å². The third-order valence-electron chi connectivity index (χ3n) is 3.49. The molecule has 23 heavy (non-hydrogen) atoms. The van der Waals surface area contributed by atoms with E-state index in [2.05, 4.69) is 4.90 Å². The molecule has 2 rings (SSSR count). The van der Waals surface area contributed by atoms with Gasteiger partial charge in [0.2, 0.25) is 5.91 Å². The molecule has 1 amide bonds. The van der Waals surface area contributed by atoms with Gasteiger partial charge in [-0.1, -0.05) is 30.3 Å². The van der Waals surface area contributed by atoms with Crippen LogP contribution in [0, 0.1) is 6.92 Å². The molecule has 4 nitrogen and oxygen atoms in total. The van der Waals surface area contributed by atoms with Crippen molar-refractivity contribution in [1.82, 2.24) is 9.80 Å². The van der Waals surface area contributed by atoms with Crippen molar-refractivity contribution < 1.29 is 9.21 Å². The molecule has 0 spiro atoms. The molecule has 0 bridgehead atoms. The average Bonchev–Trinajstić information content (AvgIpc) is 2.95. The van der Waals surface area contributed by atoms with Crippen LogP contribution in [0.3, 0.4) is 0 Å². The molecule has 1 aromatic carbocycles. The molecule has 0 fully saturated rings. The van der Waals surface area contributed by atoms with Gasteiger partial charge in [-0.2, -0.15) is 0 Å². The third kappa shape index (κ3) is 5.75. The summed E-state index contributed by atoms with van der Waals surface area (Å²) < 4.78 is 5.60. The van der Waals surface area contributed by atoms with Gasteiger partial charge in [0.15, 0.2) is 0 Å². The molecule has 122 valence electrons. The van der Waals surface area contributed by atoms with Crippen LogP contribution in [-0.2, 0) is 11.3 Å². The van der Waals surface area contributed by atoms with Gasteiger partial charge >= 0.3 is 0 Å². The van der Waals surface area contributed by atoms with E-state index < -0.39 is 0 Å². The second-order valence-corrected chi connectivity index (χ2v) is 5.82. The standard InChI is InChI=1S/C19H24N2O2/c1-16-9-11-18(23-16)15-21(14-13-20(2)3)19(22)12-10-17-7-5-4-6-8-17/h4-12H,13-15H2,1-3H3. The Bertz CT molecular complexity index is 644. The minimum Gasteiger partial charge on any atom is -0.464 e. The lowest BCUT2D eigenvalue weighted by atomic mass is 10.2. The lowest BCUT2D eigenvalue weighted by molar-refractivity contribution is -0.127. The minimum atomic E-state index is -0.00949. The lowest BCUT2D eigenvalue weighted by Crippen LogP contribution is -2.35. The number of nitrogens with zero attached hydrogens (tertiary/aromatic N) is 2. The number of amides is 1. The Morgan fingerprint density at radius 3 is 2.43 bits per heavy atom. The summed E-state index contributed by atoms with van der Waals surface area (Å²) in [5, 5.41) is 0. The molecule has 0 aliphatic carbocycles. The molecule has 0 atom stereocenters. The fourth-order valence-electron chi connectivity index (χ4n) is 2.18. The van der Waals surface area contributed by atoms with Crippen molar-refractivity contribution in [3.8, 4) is 0 Å². The van der Waals surface area contributed by atoms with Gasteiger partial charge in [0.25, 0.3) is 0 Å². The summed E-state index contributed by atoms with van der Waals surface area (Å²) in [5.41, 5.74) is 1.02. The molecule has 0 radical (unpaired) electrons. The topological polar surface area (TPSA) is 36.7 Å². The zero-order valence-electron chi connectivity index (χ0n) is 14.0. The Labute approximate surface area is 138 Å². The number of likely N-dealkylation sites (N-methyl/N-ethyl adjacent to an activating group) is 1. The van der Waals surface area contributed by atoms with E-state index in [1.54, 1.807) is 11.0 Å². The summed E-state index contributed by atoms with van der Waals surface area (Å²) in [6, 6.07) is 13.7. The molecule has 0 unspecified atom stereocenters. The normalized spacial score (nSPS) is 11.3. The zero-order chi connectivity index (χ0) is 16.7. The summed E-state index contributed by atoms with van der Waals surface area (Å²) in [6.07, 6.45) is 3.47. The highest BCUT2D eigenvalue weighted by Gasteiger charge is 2.13. The number of benzene rings is 1. The first-order chi connectivity index (χ1) is 11.0. The van der Waals surface area contributed by atoms with Crippen LogP contribution in [0.4, 0.5) is 0 Å². The quantitative estimate of drug-likeness (QED) is 0.737. The predicted octanol–water partition coefficient (Wildman–Crippen LogP) is 3.19. The first-order valence-electron chi connectivity index (χ1n) is 7.76. The Balaban J connectivity index is 2.05. The fourth-order valence-corrected chi connectivity index (χ4v) is 2.18. The molecule has 0 saturated carbocycles. The van der Waals surface area contributed by atoms with Crippen LogP contribution < -0.4 is 0 Å². The molecule has 0 N–H and O–H groups in total. The third-order valence-corrected chi connectivity index (χ3v) is 3.49. The van der Waals surface area contributed by atoms with E-state index in [1.165, 1.54) is 0 Å². The van der Waals surface area contributed by atoms with Crippen LogP contribution in [0.25, 0.3) is 6.08 Å². The second-order valence-electron chi connectivity index (χ2n) is 5.82. The van der Waals surface area contributed by atoms with Crippen LogP contribution in [0.5, 0.6) is 0 Å². The highest BCUT2D eigenvalue weighted by atomic mass is 16.3. The Hall–Kier alpha value is -2.33. The molecule has 2 aromatic rings. The fraction of sp³-hybridized carbons (Fsp3) is 0.316. The van der Waals surface area contributed by atoms with Crippen LogP contribution >= 0.6 is 0 Å². The van der Waals surface area contributed by atoms with Crippen LogP contribution in [0.2, 0.25) is 0 Å². The number of rotatable bonds is 7. The minimum absolute atomic E-state index is 0.00949. The van der Waals surface area contributed by atoms with E-state index in [9.17, 15) is 4.79 Å². The number of hydrogen-bond acceptors (Lipinski definition) is 3. The van der Waals surface area contributed by atoms with Crippen LogP contribution in [-0.4, -0.2) is 42.9 Å². The van der Waals surface area contributed by atoms with Crippen molar-refractivity contribution in [3.05, 3.63) is 65.6 Å². The lowest BCUT2D eigenvalue weighted by Gasteiger charge is -2.22. The molecular formula is C19H24N2O2. The second kappa shape index (κ2) is 8.34. The van der Waals surface area contributed by atoms with E-state index in [0.717, 1.165) is 23.6 Å². The first kappa shape index (κ1) is 17.0. The number of aryl methyl sites for hydroxylation is 1. The van der Waals surface area contributed by atoms with Crippen LogP contribution in [0.1, 0.15) is 17.1 Å². The largest absolute Gasteiger partial charge is 0.464 e. The highest BCUT2D eigenvalue weighted by Crippen LogP contribution is 2.11. The number of hydrogen-bond donors (Lipinski definition) is 0. The molecule has 4 heteroatoms. The van der Waals surface area contributed by atoms with E-state index in [0.29, 0.717) is 13.1 Å². The Morgan fingerprint density at radius 1 is 1.09 bits per heavy atom. The Morgan fingerprint density at radius 2 is 1.83 bits per heavy atom. The molecule has 1 heterocycles. The molecule has 1 aromatic heterocycles. The van der Waals surface area contributed by atoms with Gasteiger partial charge in [0, 0.05) is 19.2 Å². The van der Waals surface area contributed by atoms with Gasteiger partial charge in [-0.15, -0.1) is 0 Å². The number of carbonyl (C=O) groups is 1. The smallest absolute Gasteiger partial charge is 0.247 e. The summed E-state index contributed by atoms with van der Waals surface area (Å²) in [4.78, 5) is 16.4. The van der Waals surface area contributed by atoms with Crippen LogP contribution in [0.15, 0.2) is 53.0 Å². The van der Waals surface area contributed by atoms with Gasteiger partial charge in [0.05, 0.1) is 6.54 Å². The van der Waals surface area contributed by atoms with Gasteiger partial charge < -0.3 is 14.2 Å². The number of furan rings is 1. The predicted molar refractivity (Wildman–Crippen MR) is 92.9 cm³/mol. The maximum Gasteiger partial charge on any atom is 0.247 e. The van der Waals surface area contributed by atoms with Gasteiger partial charge in [0.1, 0.15) is 11.5 Å². The number of carbonyl (C=O) groups excluding carboxylic acids is 1. The van der Waals surface area contributed by atoms with Crippen molar-refractivity contribution >= 4 is 12.0 Å². The summed E-state index contributed by atoms with van der Waals surface area (Å²) in [7, 11) is 4.00. The maximum atomic E-state index is 12.5. The molecule has 0 aliphatic heterocycles. The van der Waals surface area contributed by atoms with Gasteiger partial charge in [-0.25, -0.2) is 0 Å². The summed E-state index contributed by atoms with van der Waals surface area (Å²) >= 11 is 0. The zero-order valence-corrected chi connectivity index (χ0v) is 14.0. The monoisotopic (exact) mass is 312 g/mol. The van der Waals surface area contributed by atoms with Gasteiger partial charge in [-0.3, -0.25) is 4.79 Å². The van der Waals surface area contributed by atoms with Crippen molar-refractivity contribution in [1.29, 1.82) is 0 Å². The van der Waals surface area contributed by atoms with Crippen molar-refractivity contribution in [2.24, 2.45) is 0 Å². The molecular weight excluding hydrogens is 288 g/mol. The Kier molecular flexibility index (Phi) is 6.18.